The molecule has 0 aliphatic carbocycles. The van der Waals surface area contributed by atoms with E-state index in [1.165, 1.54) is 5.69 Å². The minimum Gasteiger partial charge on any atom is -0.353 e. The maximum Gasteiger partial charge on any atom is 0.0946 e. The molecule has 86 valence electrons. The monoisotopic (exact) mass is 218 g/mol. The maximum absolute atomic E-state index is 4.03. The highest BCUT2D eigenvalue weighted by Gasteiger charge is 2.03. The summed E-state index contributed by atoms with van der Waals surface area (Å²) < 4.78 is 4.22. The van der Waals surface area contributed by atoms with E-state index in [-0.39, 0.29) is 0 Å². The molecule has 0 bridgehead atoms. The number of nitrogens with one attached hydrogen (secondary N) is 1. The van der Waals surface area contributed by atoms with Gasteiger partial charge in [-0.1, -0.05) is 0 Å². The van der Waals surface area contributed by atoms with Crippen LogP contribution in [0.25, 0.3) is 0 Å². The number of hydrogen-bond acceptors (Lipinski definition) is 2. The van der Waals surface area contributed by atoms with E-state index >= 15 is 0 Å². The average molecular weight is 218 g/mol. The van der Waals surface area contributed by atoms with Crippen molar-refractivity contribution in [2.24, 2.45) is 7.05 Å². The van der Waals surface area contributed by atoms with Gasteiger partial charge in [-0.25, -0.2) is 4.98 Å². The first-order valence-electron chi connectivity index (χ1n) is 5.55. The Labute approximate surface area is 95.9 Å². The molecule has 1 atom stereocenters. The number of imidazole rings is 1. The minimum absolute atomic E-state index is 0.434. The molecular weight excluding hydrogens is 200 g/mol. The highest BCUT2D eigenvalue weighted by atomic mass is 15.1. The molecule has 1 N–H and O–H groups in total. The molecule has 2 rings (SSSR count). The second-order valence-corrected chi connectivity index (χ2v) is 4.15. The van der Waals surface area contributed by atoms with Crippen LogP contribution in [0.3, 0.4) is 0 Å². The largest absolute Gasteiger partial charge is 0.353 e. The van der Waals surface area contributed by atoms with E-state index in [1.807, 2.05) is 18.7 Å². The van der Waals surface area contributed by atoms with Gasteiger partial charge >= 0.3 is 0 Å². The van der Waals surface area contributed by atoms with Crippen LogP contribution in [-0.4, -0.2) is 20.2 Å². The van der Waals surface area contributed by atoms with Gasteiger partial charge in [-0.05, 0) is 19.1 Å². The van der Waals surface area contributed by atoms with Gasteiger partial charge in [-0.2, -0.15) is 0 Å². The van der Waals surface area contributed by atoms with Crippen LogP contribution in [0.2, 0.25) is 0 Å². The number of aromatic nitrogens is 3. The van der Waals surface area contributed by atoms with Gasteiger partial charge in [0.15, 0.2) is 0 Å². The van der Waals surface area contributed by atoms with Crippen molar-refractivity contribution in [2.75, 3.05) is 0 Å². The van der Waals surface area contributed by atoms with Crippen molar-refractivity contribution in [2.45, 2.75) is 26.1 Å². The molecule has 0 saturated carbocycles. The molecule has 16 heavy (non-hydrogen) atoms. The van der Waals surface area contributed by atoms with E-state index < -0.39 is 0 Å². The summed E-state index contributed by atoms with van der Waals surface area (Å²) >= 11 is 0. The van der Waals surface area contributed by atoms with Gasteiger partial charge in [0.2, 0.25) is 0 Å². The van der Waals surface area contributed by atoms with E-state index in [9.17, 15) is 0 Å². The Morgan fingerprint density at radius 3 is 2.94 bits per heavy atom. The minimum atomic E-state index is 0.434. The summed E-state index contributed by atoms with van der Waals surface area (Å²) in [5.41, 5.74) is 1.30. The van der Waals surface area contributed by atoms with E-state index in [0.717, 1.165) is 13.1 Å². The van der Waals surface area contributed by atoms with Crippen molar-refractivity contribution in [1.29, 1.82) is 0 Å². The fourth-order valence-corrected chi connectivity index (χ4v) is 1.73. The van der Waals surface area contributed by atoms with Gasteiger partial charge in [0.25, 0.3) is 0 Å². The van der Waals surface area contributed by atoms with Gasteiger partial charge < -0.3 is 14.5 Å². The second kappa shape index (κ2) is 4.99. The molecule has 0 saturated heterocycles. The third-order valence-corrected chi connectivity index (χ3v) is 2.73. The van der Waals surface area contributed by atoms with E-state index in [2.05, 4.69) is 51.7 Å². The zero-order valence-electron chi connectivity index (χ0n) is 9.80. The Morgan fingerprint density at radius 1 is 1.44 bits per heavy atom. The van der Waals surface area contributed by atoms with Crippen LogP contribution in [0, 0.1) is 0 Å². The summed E-state index contributed by atoms with van der Waals surface area (Å²) in [5.74, 6) is 0. The molecule has 0 spiro atoms. The summed E-state index contributed by atoms with van der Waals surface area (Å²) in [5, 5.41) is 3.49. The first-order chi connectivity index (χ1) is 7.75. The lowest BCUT2D eigenvalue weighted by Gasteiger charge is -2.14. The predicted molar refractivity (Wildman–Crippen MR) is 63.9 cm³/mol. The van der Waals surface area contributed by atoms with Crippen LogP contribution in [-0.2, 0) is 20.1 Å². The Hall–Kier alpha value is -1.55. The van der Waals surface area contributed by atoms with Crippen LogP contribution in [0.15, 0.2) is 37.1 Å². The molecule has 4 heteroatoms. The molecule has 4 nitrogen and oxygen atoms in total. The summed E-state index contributed by atoms with van der Waals surface area (Å²) in [6, 6.07) is 4.64. The molecule has 2 aromatic heterocycles. The summed E-state index contributed by atoms with van der Waals surface area (Å²) in [4.78, 5) is 4.03. The first kappa shape index (κ1) is 11.0. The van der Waals surface area contributed by atoms with E-state index in [1.54, 1.807) is 0 Å². The molecule has 0 amide bonds. The van der Waals surface area contributed by atoms with Crippen molar-refractivity contribution >= 4 is 0 Å². The molecule has 0 aliphatic heterocycles. The van der Waals surface area contributed by atoms with Crippen LogP contribution in [0.5, 0.6) is 0 Å². The molecule has 0 fully saturated rings. The van der Waals surface area contributed by atoms with Crippen molar-refractivity contribution in [3.05, 3.63) is 42.7 Å². The van der Waals surface area contributed by atoms with E-state index in [0.29, 0.717) is 6.04 Å². The zero-order chi connectivity index (χ0) is 11.4. The molecule has 0 aliphatic rings. The van der Waals surface area contributed by atoms with Crippen LogP contribution >= 0.6 is 0 Å². The van der Waals surface area contributed by atoms with Gasteiger partial charge in [0.1, 0.15) is 0 Å². The quantitative estimate of drug-likeness (QED) is 0.823. The lowest BCUT2D eigenvalue weighted by Crippen LogP contribution is -2.30. The summed E-state index contributed by atoms with van der Waals surface area (Å²) in [7, 11) is 2.07. The second-order valence-electron chi connectivity index (χ2n) is 4.15. The molecule has 2 aromatic rings. The highest BCUT2D eigenvalue weighted by molar-refractivity contribution is 5.06. The Morgan fingerprint density at radius 2 is 2.31 bits per heavy atom. The molecule has 0 aromatic carbocycles. The molecule has 0 radical (unpaired) electrons. The molecule has 2 heterocycles. The Bertz CT molecular complexity index is 416. The van der Waals surface area contributed by atoms with Crippen molar-refractivity contribution < 1.29 is 0 Å². The summed E-state index contributed by atoms with van der Waals surface area (Å²) in [6.45, 7) is 4.03. The fraction of sp³-hybridized carbons (Fsp3) is 0.417. The van der Waals surface area contributed by atoms with Gasteiger partial charge in [0, 0.05) is 50.5 Å². The number of hydrogen-bond donors (Lipinski definition) is 1. The number of aryl methyl sites for hydroxylation is 1. The predicted octanol–water partition coefficient (Wildman–Crippen LogP) is 1.40. The lowest BCUT2D eigenvalue weighted by molar-refractivity contribution is 0.469. The summed E-state index contributed by atoms with van der Waals surface area (Å²) in [6.07, 6.45) is 7.71. The zero-order valence-corrected chi connectivity index (χ0v) is 9.80. The molecular formula is C12H18N4. The van der Waals surface area contributed by atoms with E-state index in [4.69, 9.17) is 0 Å². The van der Waals surface area contributed by atoms with Gasteiger partial charge in [-0.3, -0.25) is 0 Å². The van der Waals surface area contributed by atoms with Crippen LogP contribution in [0.4, 0.5) is 0 Å². The third kappa shape index (κ3) is 2.73. The smallest absolute Gasteiger partial charge is 0.0946 e. The topological polar surface area (TPSA) is 34.8 Å². The normalized spacial score (nSPS) is 12.9. The molecule has 0 unspecified atom stereocenters. The van der Waals surface area contributed by atoms with Gasteiger partial charge in [0.05, 0.1) is 6.33 Å². The van der Waals surface area contributed by atoms with Crippen molar-refractivity contribution in [1.82, 2.24) is 19.4 Å². The number of rotatable bonds is 5. The number of nitrogens with zero attached hydrogens (tertiary/aromatic N) is 3. The van der Waals surface area contributed by atoms with Crippen molar-refractivity contribution in [3.8, 4) is 0 Å². The van der Waals surface area contributed by atoms with Crippen LogP contribution in [0.1, 0.15) is 12.6 Å². The van der Waals surface area contributed by atoms with Gasteiger partial charge in [-0.15, -0.1) is 0 Å². The Balaban J connectivity index is 1.80. The fourth-order valence-electron chi connectivity index (χ4n) is 1.73. The third-order valence-electron chi connectivity index (χ3n) is 2.73. The first-order valence-corrected chi connectivity index (χ1v) is 5.55. The standard InChI is InChI=1S/C12H18N4/c1-11(9-16-7-5-13-10-16)14-8-12-4-3-6-15(12)2/h3-7,10-11,14H,8-9H2,1-2H3/t11-/m1/s1. The highest BCUT2D eigenvalue weighted by Crippen LogP contribution is 2.00. The SMILES string of the molecule is C[C@H](Cn1ccnc1)NCc1cccn1C. The maximum atomic E-state index is 4.03. The van der Waals surface area contributed by atoms with Crippen LogP contribution < -0.4 is 5.32 Å². The average Bonchev–Trinajstić information content (AvgIpc) is 2.87. The van der Waals surface area contributed by atoms with Crippen molar-refractivity contribution in [3.63, 3.8) is 0 Å². The lowest BCUT2D eigenvalue weighted by atomic mass is 10.3. The Kier molecular flexibility index (Phi) is 3.41.